The molecule has 0 unspecified atom stereocenters. The maximum Gasteiger partial charge on any atom is 0.256 e. The van der Waals surface area contributed by atoms with E-state index in [0.717, 1.165) is 54.3 Å². The van der Waals surface area contributed by atoms with Crippen molar-refractivity contribution < 1.29 is 9.59 Å². The zero-order valence-corrected chi connectivity index (χ0v) is 18.6. The summed E-state index contributed by atoms with van der Waals surface area (Å²) in [7, 11) is 0. The van der Waals surface area contributed by atoms with Gasteiger partial charge in [-0.05, 0) is 56.6 Å². The molecule has 2 amide bonds. The molecule has 1 aliphatic rings. The van der Waals surface area contributed by atoms with E-state index < -0.39 is 0 Å². The average molecular weight is 409 g/mol. The van der Waals surface area contributed by atoms with Crippen molar-refractivity contribution in [1.29, 1.82) is 0 Å². The predicted molar refractivity (Wildman–Crippen MR) is 123 cm³/mol. The Bertz CT molecular complexity index is 983. The van der Waals surface area contributed by atoms with Crippen molar-refractivity contribution in [2.75, 3.05) is 31.5 Å². The summed E-state index contributed by atoms with van der Waals surface area (Å²) in [5.41, 5.74) is 6.65. The third kappa shape index (κ3) is 4.33. The minimum absolute atomic E-state index is 0.0816. The number of nitrogens with one attached hydrogen (secondary N) is 3. The normalized spacial score (nSPS) is 14.3. The fourth-order valence-corrected chi connectivity index (χ4v) is 3.96. The van der Waals surface area contributed by atoms with Crippen LogP contribution in [0.25, 0.3) is 11.6 Å². The lowest BCUT2D eigenvalue weighted by Crippen LogP contribution is -2.35. The summed E-state index contributed by atoms with van der Waals surface area (Å²) < 4.78 is 0. The summed E-state index contributed by atoms with van der Waals surface area (Å²) in [6.07, 6.45) is 2.77. The molecule has 6 heteroatoms. The van der Waals surface area contributed by atoms with Crippen molar-refractivity contribution in [3.05, 3.63) is 51.8 Å². The summed E-state index contributed by atoms with van der Waals surface area (Å²) in [4.78, 5) is 30.9. The Balaban J connectivity index is 1.83. The first-order valence-electron chi connectivity index (χ1n) is 10.8. The number of nitrogens with zero attached hydrogens (tertiary/aromatic N) is 1. The summed E-state index contributed by atoms with van der Waals surface area (Å²) in [5, 5.41) is 5.97. The zero-order chi connectivity index (χ0) is 21.8. The van der Waals surface area contributed by atoms with E-state index in [-0.39, 0.29) is 11.8 Å². The molecule has 1 aromatic carbocycles. The van der Waals surface area contributed by atoms with Crippen LogP contribution in [0.3, 0.4) is 0 Å². The van der Waals surface area contributed by atoms with Gasteiger partial charge in [0.05, 0.1) is 11.1 Å². The largest absolute Gasteiger partial charge is 0.358 e. The number of fused-ring (bicyclic) bond motifs is 1. The van der Waals surface area contributed by atoms with Crippen molar-refractivity contribution in [3.8, 4) is 0 Å². The third-order valence-electron chi connectivity index (χ3n) is 5.88. The standard InChI is InChI=1S/C24H32N4O2/c1-6-17-9-10-18-19(23(29)27-21(18)13-17)14-20-15(4)22(16(5)26-20)24(30)25-11-12-28(7-2)8-3/h9-10,13-14,26H,6-8,11-12H2,1-5H3,(H,25,30)(H,27,29)/b19-14-. The fraction of sp³-hybridized carbons (Fsp3) is 0.417. The predicted octanol–water partition coefficient (Wildman–Crippen LogP) is 3.76. The second-order valence-corrected chi connectivity index (χ2v) is 7.69. The second-order valence-electron chi connectivity index (χ2n) is 7.69. The van der Waals surface area contributed by atoms with Crippen LogP contribution in [-0.2, 0) is 11.2 Å². The van der Waals surface area contributed by atoms with Gasteiger partial charge in [0.25, 0.3) is 11.8 Å². The lowest BCUT2D eigenvalue weighted by atomic mass is 10.0. The number of rotatable bonds is 8. The minimum atomic E-state index is -0.116. The van der Waals surface area contributed by atoms with Crippen LogP contribution >= 0.6 is 0 Å². The number of amides is 2. The smallest absolute Gasteiger partial charge is 0.256 e. The number of aromatic amines is 1. The molecule has 30 heavy (non-hydrogen) atoms. The van der Waals surface area contributed by atoms with E-state index in [2.05, 4.69) is 47.4 Å². The number of H-pyrrole nitrogens is 1. The lowest BCUT2D eigenvalue weighted by molar-refractivity contribution is -0.110. The Morgan fingerprint density at radius 3 is 2.57 bits per heavy atom. The molecule has 0 bridgehead atoms. The maximum absolute atomic E-state index is 12.8. The topological polar surface area (TPSA) is 77.2 Å². The molecular formula is C24H32N4O2. The van der Waals surface area contributed by atoms with Gasteiger partial charge in [-0.15, -0.1) is 0 Å². The molecule has 0 saturated heterocycles. The fourth-order valence-electron chi connectivity index (χ4n) is 3.96. The van der Waals surface area contributed by atoms with Gasteiger partial charge >= 0.3 is 0 Å². The van der Waals surface area contributed by atoms with Crippen LogP contribution in [0.5, 0.6) is 0 Å². The van der Waals surface area contributed by atoms with Gasteiger partial charge in [-0.25, -0.2) is 0 Å². The van der Waals surface area contributed by atoms with Crippen LogP contribution in [0.15, 0.2) is 18.2 Å². The average Bonchev–Trinajstić information content (AvgIpc) is 3.19. The molecular weight excluding hydrogens is 376 g/mol. The van der Waals surface area contributed by atoms with Crippen LogP contribution in [0.1, 0.15) is 59.2 Å². The van der Waals surface area contributed by atoms with Gasteiger partial charge in [0.15, 0.2) is 0 Å². The molecule has 0 radical (unpaired) electrons. The first-order valence-corrected chi connectivity index (χ1v) is 10.8. The molecule has 0 atom stereocenters. The first-order chi connectivity index (χ1) is 14.4. The molecule has 0 aliphatic carbocycles. The molecule has 160 valence electrons. The summed E-state index contributed by atoms with van der Waals surface area (Å²) in [6.45, 7) is 13.5. The SMILES string of the molecule is CCc1ccc2c(c1)NC(=O)/C2=C\c1[nH]c(C)c(C(=O)NCCN(CC)CC)c1C. The van der Waals surface area contributed by atoms with Crippen LogP contribution in [0.4, 0.5) is 5.69 Å². The highest BCUT2D eigenvalue weighted by Gasteiger charge is 2.25. The lowest BCUT2D eigenvalue weighted by Gasteiger charge is -2.18. The molecule has 0 fully saturated rings. The molecule has 2 aromatic rings. The molecule has 1 aromatic heterocycles. The Kier molecular flexibility index (Phi) is 6.77. The molecule has 2 heterocycles. The number of anilines is 1. The molecule has 0 spiro atoms. The van der Waals surface area contributed by atoms with Gasteiger partial charge in [0.2, 0.25) is 0 Å². The minimum Gasteiger partial charge on any atom is -0.358 e. The van der Waals surface area contributed by atoms with Gasteiger partial charge in [-0.3, -0.25) is 9.59 Å². The highest BCUT2D eigenvalue weighted by Crippen LogP contribution is 2.34. The Hall–Kier alpha value is -2.86. The number of carbonyl (C=O) groups is 2. The highest BCUT2D eigenvalue weighted by atomic mass is 16.2. The summed E-state index contributed by atoms with van der Waals surface area (Å²) in [6, 6.07) is 6.06. The van der Waals surface area contributed by atoms with Gasteiger partial charge < -0.3 is 20.5 Å². The number of hydrogen-bond donors (Lipinski definition) is 3. The number of benzene rings is 1. The summed E-state index contributed by atoms with van der Waals surface area (Å²) in [5.74, 6) is -0.197. The van der Waals surface area contributed by atoms with Crippen LogP contribution in [0, 0.1) is 13.8 Å². The van der Waals surface area contributed by atoms with Crippen LogP contribution in [-0.4, -0.2) is 47.9 Å². The van der Waals surface area contributed by atoms with Crippen LogP contribution < -0.4 is 10.6 Å². The number of aryl methyl sites for hydroxylation is 2. The second kappa shape index (κ2) is 9.30. The molecule has 6 nitrogen and oxygen atoms in total. The Morgan fingerprint density at radius 2 is 1.90 bits per heavy atom. The summed E-state index contributed by atoms with van der Waals surface area (Å²) >= 11 is 0. The van der Waals surface area contributed by atoms with E-state index in [1.165, 1.54) is 5.56 Å². The molecule has 3 rings (SSSR count). The van der Waals surface area contributed by atoms with E-state index >= 15 is 0 Å². The van der Waals surface area contributed by atoms with E-state index in [9.17, 15) is 9.59 Å². The quantitative estimate of drug-likeness (QED) is 0.582. The maximum atomic E-state index is 12.8. The van der Waals surface area contributed by atoms with E-state index in [0.29, 0.717) is 17.7 Å². The van der Waals surface area contributed by atoms with Crippen molar-refractivity contribution in [2.24, 2.45) is 0 Å². The number of likely N-dealkylation sites (N-methyl/N-ethyl adjacent to an activating group) is 1. The van der Waals surface area contributed by atoms with Crippen molar-refractivity contribution in [2.45, 2.75) is 41.0 Å². The molecule has 3 N–H and O–H groups in total. The highest BCUT2D eigenvalue weighted by molar-refractivity contribution is 6.35. The van der Waals surface area contributed by atoms with E-state index in [1.54, 1.807) is 0 Å². The van der Waals surface area contributed by atoms with E-state index in [4.69, 9.17) is 0 Å². The van der Waals surface area contributed by atoms with E-state index in [1.807, 2.05) is 32.1 Å². The number of hydrogen-bond acceptors (Lipinski definition) is 3. The third-order valence-corrected chi connectivity index (χ3v) is 5.88. The number of aromatic nitrogens is 1. The first kappa shape index (κ1) is 21.8. The molecule has 1 aliphatic heterocycles. The van der Waals surface area contributed by atoms with Crippen LogP contribution in [0.2, 0.25) is 0 Å². The van der Waals surface area contributed by atoms with Crippen molar-refractivity contribution >= 4 is 29.2 Å². The zero-order valence-electron chi connectivity index (χ0n) is 18.6. The Labute approximate surface area is 178 Å². The van der Waals surface area contributed by atoms with Crippen molar-refractivity contribution in [1.82, 2.24) is 15.2 Å². The van der Waals surface area contributed by atoms with Gasteiger partial charge in [0.1, 0.15) is 0 Å². The van der Waals surface area contributed by atoms with Gasteiger partial charge in [0, 0.05) is 35.7 Å². The monoisotopic (exact) mass is 408 g/mol. The molecule has 0 saturated carbocycles. The number of carbonyl (C=O) groups excluding carboxylic acids is 2. The van der Waals surface area contributed by atoms with Gasteiger partial charge in [-0.2, -0.15) is 0 Å². The van der Waals surface area contributed by atoms with Crippen molar-refractivity contribution in [3.63, 3.8) is 0 Å². The van der Waals surface area contributed by atoms with Gasteiger partial charge in [-0.1, -0.05) is 32.9 Å². The Morgan fingerprint density at radius 1 is 1.17 bits per heavy atom.